The molecule has 2 heterocycles. The van der Waals surface area contributed by atoms with Crippen LogP contribution in [0.4, 0.5) is 5.95 Å². The lowest BCUT2D eigenvalue weighted by Crippen LogP contribution is -2.37. The number of rotatable bonds is 7. The van der Waals surface area contributed by atoms with Crippen molar-refractivity contribution in [2.75, 3.05) is 18.4 Å². The molecule has 0 spiro atoms. The summed E-state index contributed by atoms with van der Waals surface area (Å²) in [6, 6.07) is 18.7. The third kappa shape index (κ3) is 4.04. The second kappa shape index (κ2) is 8.93. The molecule has 0 bridgehead atoms. The molecule has 164 valence electrons. The van der Waals surface area contributed by atoms with E-state index >= 15 is 0 Å². The van der Waals surface area contributed by atoms with Crippen LogP contribution >= 0.6 is 0 Å². The molecule has 0 aliphatic rings. The smallest absolute Gasteiger partial charge is 0.332 e. The molecule has 9 nitrogen and oxygen atoms in total. The maximum atomic E-state index is 12.9. The lowest BCUT2D eigenvalue weighted by molar-refractivity contribution is 0.0955. The number of amides is 1. The van der Waals surface area contributed by atoms with Crippen LogP contribution in [0.25, 0.3) is 11.2 Å². The van der Waals surface area contributed by atoms with Gasteiger partial charge in [0.05, 0.1) is 6.54 Å². The molecule has 0 saturated heterocycles. The number of hydrogen-bond acceptors (Lipinski definition) is 5. The van der Waals surface area contributed by atoms with Crippen molar-refractivity contribution in [3.8, 4) is 0 Å². The lowest BCUT2D eigenvalue weighted by Gasteiger charge is -2.11. The van der Waals surface area contributed by atoms with Crippen molar-refractivity contribution in [2.24, 2.45) is 14.1 Å². The Morgan fingerprint density at radius 1 is 0.906 bits per heavy atom. The highest BCUT2D eigenvalue weighted by Crippen LogP contribution is 2.17. The quantitative estimate of drug-likeness (QED) is 0.429. The summed E-state index contributed by atoms with van der Waals surface area (Å²) < 4.78 is 4.21. The molecule has 0 atom stereocenters. The predicted molar refractivity (Wildman–Crippen MR) is 123 cm³/mol. The minimum atomic E-state index is -0.437. The van der Waals surface area contributed by atoms with Gasteiger partial charge in [0.25, 0.3) is 11.5 Å². The van der Waals surface area contributed by atoms with Gasteiger partial charge in [-0.2, -0.15) is 4.98 Å². The highest BCUT2D eigenvalue weighted by atomic mass is 16.2. The van der Waals surface area contributed by atoms with Crippen molar-refractivity contribution >= 4 is 23.0 Å². The number of imidazole rings is 1. The molecule has 0 radical (unpaired) electrons. The van der Waals surface area contributed by atoms with Crippen molar-refractivity contribution < 1.29 is 4.79 Å². The SMILES string of the molecule is Cn1c(=O)c2c(nc(NCCNC(=O)c3ccccc3)n2Cc2ccccc2)n(C)c1=O. The lowest BCUT2D eigenvalue weighted by atomic mass is 10.2. The van der Waals surface area contributed by atoms with Gasteiger partial charge in [0.1, 0.15) is 0 Å². The number of anilines is 1. The van der Waals surface area contributed by atoms with Gasteiger partial charge in [-0.3, -0.25) is 23.3 Å². The fourth-order valence-corrected chi connectivity index (χ4v) is 3.54. The van der Waals surface area contributed by atoms with Gasteiger partial charge >= 0.3 is 5.69 Å². The molecule has 4 rings (SSSR count). The van der Waals surface area contributed by atoms with Crippen molar-refractivity contribution in [1.82, 2.24) is 24.0 Å². The van der Waals surface area contributed by atoms with Gasteiger partial charge in [0.2, 0.25) is 5.95 Å². The Morgan fingerprint density at radius 2 is 1.56 bits per heavy atom. The van der Waals surface area contributed by atoms with Crippen molar-refractivity contribution in [2.45, 2.75) is 6.54 Å². The normalized spacial score (nSPS) is 10.9. The maximum Gasteiger partial charge on any atom is 0.332 e. The van der Waals surface area contributed by atoms with Crippen molar-refractivity contribution in [1.29, 1.82) is 0 Å². The molecule has 32 heavy (non-hydrogen) atoms. The molecule has 2 aromatic heterocycles. The average molecular weight is 432 g/mol. The van der Waals surface area contributed by atoms with E-state index in [9.17, 15) is 14.4 Å². The second-order valence-corrected chi connectivity index (χ2v) is 7.43. The van der Waals surface area contributed by atoms with Gasteiger partial charge in [-0.25, -0.2) is 4.79 Å². The molecule has 2 aromatic carbocycles. The molecular weight excluding hydrogens is 408 g/mol. The summed E-state index contributed by atoms with van der Waals surface area (Å²) in [6.07, 6.45) is 0. The monoisotopic (exact) mass is 432 g/mol. The summed E-state index contributed by atoms with van der Waals surface area (Å²) in [7, 11) is 3.05. The zero-order valence-electron chi connectivity index (χ0n) is 17.9. The van der Waals surface area contributed by atoms with Gasteiger partial charge in [-0.1, -0.05) is 48.5 Å². The number of fused-ring (bicyclic) bond motifs is 1. The van der Waals surface area contributed by atoms with Gasteiger partial charge in [0, 0.05) is 32.7 Å². The summed E-state index contributed by atoms with van der Waals surface area (Å²) >= 11 is 0. The van der Waals surface area contributed by atoms with E-state index in [4.69, 9.17) is 0 Å². The van der Waals surface area contributed by atoms with E-state index in [-0.39, 0.29) is 5.91 Å². The van der Waals surface area contributed by atoms with Crippen LogP contribution in [0.1, 0.15) is 15.9 Å². The zero-order chi connectivity index (χ0) is 22.7. The summed E-state index contributed by atoms with van der Waals surface area (Å²) in [6.45, 7) is 1.16. The van der Waals surface area contributed by atoms with Crippen molar-refractivity contribution in [3.63, 3.8) is 0 Å². The zero-order valence-corrected chi connectivity index (χ0v) is 17.9. The fourth-order valence-electron chi connectivity index (χ4n) is 3.54. The topological polar surface area (TPSA) is 103 Å². The van der Waals surface area contributed by atoms with Crippen LogP contribution < -0.4 is 21.9 Å². The molecule has 4 aromatic rings. The molecule has 0 unspecified atom stereocenters. The van der Waals surface area contributed by atoms with Crippen LogP contribution in [0.2, 0.25) is 0 Å². The largest absolute Gasteiger partial charge is 0.354 e. The first-order valence-corrected chi connectivity index (χ1v) is 10.2. The van der Waals surface area contributed by atoms with E-state index in [0.717, 1.165) is 10.1 Å². The number of carbonyl (C=O) groups excluding carboxylic acids is 1. The number of aryl methyl sites for hydroxylation is 1. The Hall–Kier alpha value is -4.14. The first-order valence-electron chi connectivity index (χ1n) is 10.2. The number of hydrogen-bond donors (Lipinski definition) is 2. The van der Waals surface area contributed by atoms with E-state index in [2.05, 4.69) is 15.6 Å². The predicted octanol–water partition coefficient (Wildman–Crippen LogP) is 1.32. The Bertz CT molecular complexity index is 1370. The third-order valence-electron chi connectivity index (χ3n) is 5.26. The molecule has 0 fully saturated rings. The van der Waals surface area contributed by atoms with Crippen LogP contribution in [0.5, 0.6) is 0 Å². The second-order valence-electron chi connectivity index (χ2n) is 7.43. The van der Waals surface area contributed by atoms with Crippen molar-refractivity contribution in [3.05, 3.63) is 92.6 Å². The molecule has 2 N–H and O–H groups in total. The van der Waals surface area contributed by atoms with Gasteiger partial charge in [-0.05, 0) is 17.7 Å². The van der Waals surface area contributed by atoms with E-state index in [0.29, 0.717) is 42.3 Å². The highest BCUT2D eigenvalue weighted by Gasteiger charge is 2.19. The third-order valence-corrected chi connectivity index (χ3v) is 5.26. The van der Waals surface area contributed by atoms with Crippen LogP contribution in [0.3, 0.4) is 0 Å². The van der Waals surface area contributed by atoms with E-state index in [1.54, 1.807) is 23.7 Å². The molecule has 1 amide bonds. The molecule has 9 heteroatoms. The van der Waals surface area contributed by atoms with E-state index < -0.39 is 11.2 Å². The van der Waals surface area contributed by atoms with E-state index in [1.165, 1.54) is 11.6 Å². The number of nitrogens with zero attached hydrogens (tertiary/aromatic N) is 4. The highest BCUT2D eigenvalue weighted by molar-refractivity contribution is 5.94. The maximum absolute atomic E-state index is 12.9. The standard InChI is InChI=1S/C23H24N6O3/c1-27-19-18(21(31)28(2)23(27)32)29(15-16-9-5-3-6-10-16)22(26-19)25-14-13-24-20(30)17-11-7-4-8-12-17/h3-12H,13-15H2,1-2H3,(H,24,30)(H,25,26). The minimum absolute atomic E-state index is 0.165. The summed E-state index contributed by atoms with van der Waals surface area (Å²) in [4.78, 5) is 42.0. The Kier molecular flexibility index (Phi) is 5.89. The first-order chi connectivity index (χ1) is 15.5. The van der Waals surface area contributed by atoms with E-state index in [1.807, 2.05) is 48.5 Å². The molecular formula is C23H24N6O3. The van der Waals surface area contributed by atoms with Crippen LogP contribution in [-0.2, 0) is 20.6 Å². The number of aromatic nitrogens is 4. The Balaban J connectivity index is 1.61. The van der Waals surface area contributed by atoms with Crippen LogP contribution in [0.15, 0.2) is 70.3 Å². The average Bonchev–Trinajstić information content (AvgIpc) is 3.18. The van der Waals surface area contributed by atoms with Gasteiger partial charge in [-0.15, -0.1) is 0 Å². The summed E-state index contributed by atoms with van der Waals surface area (Å²) in [5.41, 5.74) is 1.38. The minimum Gasteiger partial charge on any atom is -0.354 e. The number of carbonyl (C=O) groups is 1. The Morgan fingerprint density at radius 3 is 2.25 bits per heavy atom. The fraction of sp³-hybridized carbons (Fsp3) is 0.217. The number of nitrogens with one attached hydrogen (secondary N) is 2. The molecule has 0 saturated carbocycles. The van der Waals surface area contributed by atoms with Crippen LogP contribution in [-0.4, -0.2) is 37.7 Å². The summed E-state index contributed by atoms with van der Waals surface area (Å²) in [5, 5.41) is 6.05. The van der Waals surface area contributed by atoms with Crippen LogP contribution in [0, 0.1) is 0 Å². The first kappa shape index (κ1) is 21.1. The van der Waals surface area contributed by atoms with Gasteiger partial charge in [0.15, 0.2) is 11.2 Å². The number of benzene rings is 2. The van der Waals surface area contributed by atoms with Gasteiger partial charge < -0.3 is 10.6 Å². The molecule has 0 aliphatic heterocycles. The Labute approximate surface area is 183 Å². The molecule has 0 aliphatic carbocycles. The summed E-state index contributed by atoms with van der Waals surface area (Å²) in [5.74, 6) is 0.289.